The van der Waals surface area contributed by atoms with Crippen molar-refractivity contribution in [2.45, 2.75) is 12.6 Å². The van der Waals surface area contributed by atoms with Crippen LogP contribution in [0.5, 0.6) is 0 Å². The summed E-state index contributed by atoms with van der Waals surface area (Å²) in [6, 6.07) is 15.0. The monoisotopic (exact) mass is 377 g/mol. The number of urea groups is 1. The number of hydrogen-bond acceptors (Lipinski definition) is 2. The van der Waals surface area contributed by atoms with Gasteiger partial charge in [0.15, 0.2) is 0 Å². The van der Waals surface area contributed by atoms with Crippen LogP contribution in [0.25, 0.3) is 0 Å². The Labute approximate surface area is 156 Å². The van der Waals surface area contributed by atoms with E-state index in [-0.39, 0.29) is 6.03 Å². The van der Waals surface area contributed by atoms with E-state index in [2.05, 4.69) is 5.32 Å². The zero-order valence-electron chi connectivity index (χ0n) is 14.9. The Hall–Kier alpha value is -2.70. The molecule has 144 valence electrons. The molecule has 1 heterocycles. The number of anilines is 1. The molecule has 1 fully saturated rings. The van der Waals surface area contributed by atoms with Crippen LogP contribution in [-0.4, -0.2) is 43.7 Å². The predicted molar refractivity (Wildman–Crippen MR) is 98.8 cm³/mol. The smallest absolute Gasteiger partial charge is 0.368 e. The highest BCUT2D eigenvalue weighted by atomic mass is 19.4. The van der Waals surface area contributed by atoms with Crippen LogP contribution in [0.4, 0.5) is 23.7 Å². The van der Waals surface area contributed by atoms with Gasteiger partial charge in [-0.1, -0.05) is 30.3 Å². The average molecular weight is 377 g/mol. The van der Waals surface area contributed by atoms with Gasteiger partial charge >= 0.3 is 12.2 Å². The summed E-state index contributed by atoms with van der Waals surface area (Å²) in [6.07, 6.45) is -3.55. The largest absolute Gasteiger partial charge is 0.416 e. The van der Waals surface area contributed by atoms with E-state index in [1.54, 1.807) is 4.90 Å². The topological polar surface area (TPSA) is 35.6 Å². The van der Waals surface area contributed by atoms with Gasteiger partial charge in [-0.3, -0.25) is 0 Å². The maximum Gasteiger partial charge on any atom is 0.416 e. The number of halogens is 3. The number of carbonyl (C=O) groups excluding carboxylic acids is 1. The fourth-order valence-electron chi connectivity index (χ4n) is 3.10. The van der Waals surface area contributed by atoms with Crippen LogP contribution >= 0.6 is 0 Å². The molecule has 0 saturated carbocycles. The van der Waals surface area contributed by atoms with Crippen molar-refractivity contribution in [2.75, 3.05) is 37.6 Å². The molecule has 0 spiro atoms. The number of hydrogen-bond donors (Lipinski definition) is 1. The van der Waals surface area contributed by atoms with Crippen LogP contribution in [0.1, 0.15) is 11.1 Å². The Kier molecular flexibility index (Phi) is 5.88. The highest BCUT2D eigenvalue weighted by Gasteiger charge is 2.30. The van der Waals surface area contributed by atoms with E-state index in [0.29, 0.717) is 32.7 Å². The number of nitrogens with one attached hydrogen (secondary N) is 1. The zero-order valence-corrected chi connectivity index (χ0v) is 14.9. The molecule has 2 amide bonds. The summed E-state index contributed by atoms with van der Waals surface area (Å²) in [5.74, 6) is 0. The van der Waals surface area contributed by atoms with Gasteiger partial charge in [0.05, 0.1) is 5.56 Å². The Balaban J connectivity index is 1.45. The van der Waals surface area contributed by atoms with Crippen LogP contribution < -0.4 is 10.2 Å². The lowest BCUT2D eigenvalue weighted by Crippen LogP contribution is -2.52. The van der Waals surface area contributed by atoms with Gasteiger partial charge < -0.3 is 15.1 Å². The molecule has 3 rings (SSSR count). The highest BCUT2D eigenvalue weighted by molar-refractivity contribution is 5.74. The predicted octanol–water partition coefficient (Wildman–Crippen LogP) is 3.78. The van der Waals surface area contributed by atoms with Crippen LogP contribution in [0, 0.1) is 0 Å². The first-order valence-electron chi connectivity index (χ1n) is 8.92. The number of amides is 2. The van der Waals surface area contributed by atoms with Gasteiger partial charge in [-0.25, -0.2) is 4.79 Å². The van der Waals surface area contributed by atoms with Gasteiger partial charge in [0.1, 0.15) is 0 Å². The SMILES string of the molecule is O=C(NCCc1ccccc1)N1CCN(c2ccc(C(F)(F)F)cc2)CC1. The fraction of sp³-hybridized carbons (Fsp3) is 0.350. The van der Waals surface area contributed by atoms with E-state index >= 15 is 0 Å². The highest BCUT2D eigenvalue weighted by Crippen LogP contribution is 2.30. The Morgan fingerprint density at radius 3 is 2.15 bits per heavy atom. The van der Waals surface area contributed by atoms with Crippen molar-refractivity contribution < 1.29 is 18.0 Å². The molecule has 0 bridgehead atoms. The molecule has 0 unspecified atom stereocenters. The lowest BCUT2D eigenvalue weighted by Gasteiger charge is -2.36. The van der Waals surface area contributed by atoms with Crippen molar-refractivity contribution in [3.05, 3.63) is 65.7 Å². The number of rotatable bonds is 4. The minimum Gasteiger partial charge on any atom is -0.368 e. The number of piperazine rings is 1. The Morgan fingerprint density at radius 2 is 1.56 bits per heavy atom. The Bertz CT molecular complexity index is 739. The van der Waals surface area contributed by atoms with Crippen molar-refractivity contribution in [1.82, 2.24) is 10.2 Å². The number of nitrogens with zero attached hydrogens (tertiary/aromatic N) is 2. The second-order valence-corrected chi connectivity index (χ2v) is 6.49. The Morgan fingerprint density at radius 1 is 0.926 bits per heavy atom. The number of alkyl halides is 3. The van der Waals surface area contributed by atoms with E-state index in [1.165, 1.54) is 17.7 Å². The van der Waals surface area contributed by atoms with Crippen molar-refractivity contribution in [3.63, 3.8) is 0 Å². The molecule has 0 radical (unpaired) electrons. The molecule has 0 aromatic heterocycles. The molecule has 1 aliphatic rings. The summed E-state index contributed by atoms with van der Waals surface area (Å²) < 4.78 is 37.9. The van der Waals surface area contributed by atoms with Gasteiger partial charge in [0, 0.05) is 38.4 Å². The first-order valence-corrected chi connectivity index (χ1v) is 8.92. The molecule has 2 aromatic carbocycles. The molecule has 1 saturated heterocycles. The van der Waals surface area contributed by atoms with Crippen LogP contribution in [0.2, 0.25) is 0 Å². The fourth-order valence-corrected chi connectivity index (χ4v) is 3.10. The molecule has 7 heteroatoms. The molecular weight excluding hydrogens is 355 g/mol. The molecule has 1 aliphatic heterocycles. The summed E-state index contributed by atoms with van der Waals surface area (Å²) in [5, 5.41) is 2.92. The molecule has 2 aromatic rings. The van der Waals surface area contributed by atoms with Crippen molar-refractivity contribution in [1.29, 1.82) is 0 Å². The quantitative estimate of drug-likeness (QED) is 0.880. The summed E-state index contributed by atoms with van der Waals surface area (Å²) >= 11 is 0. The molecule has 0 aliphatic carbocycles. The lowest BCUT2D eigenvalue weighted by atomic mass is 10.1. The van der Waals surface area contributed by atoms with Crippen LogP contribution in [-0.2, 0) is 12.6 Å². The third kappa shape index (κ3) is 5.15. The third-order valence-corrected chi connectivity index (χ3v) is 4.66. The van der Waals surface area contributed by atoms with Crippen LogP contribution in [0.15, 0.2) is 54.6 Å². The summed E-state index contributed by atoms with van der Waals surface area (Å²) in [6.45, 7) is 2.84. The zero-order chi connectivity index (χ0) is 19.3. The second-order valence-electron chi connectivity index (χ2n) is 6.49. The van der Waals surface area contributed by atoms with Gasteiger partial charge in [0.2, 0.25) is 0 Å². The summed E-state index contributed by atoms with van der Waals surface area (Å²) in [4.78, 5) is 16.0. The van der Waals surface area contributed by atoms with Crippen molar-refractivity contribution in [2.24, 2.45) is 0 Å². The van der Waals surface area contributed by atoms with Crippen molar-refractivity contribution in [3.8, 4) is 0 Å². The third-order valence-electron chi connectivity index (χ3n) is 4.66. The molecule has 4 nitrogen and oxygen atoms in total. The molecular formula is C20H22F3N3O. The van der Waals surface area contributed by atoms with Crippen molar-refractivity contribution >= 4 is 11.7 Å². The van der Waals surface area contributed by atoms with Crippen LogP contribution in [0.3, 0.4) is 0 Å². The number of benzene rings is 2. The average Bonchev–Trinajstić information content (AvgIpc) is 2.68. The van der Waals surface area contributed by atoms with E-state index in [1.807, 2.05) is 35.2 Å². The maximum absolute atomic E-state index is 12.6. The first kappa shape index (κ1) is 19.1. The van der Waals surface area contributed by atoms with Gasteiger partial charge in [-0.05, 0) is 36.2 Å². The normalized spacial score (nSPS) is 14.9. The van der Waals surface area contributed by atoms with E-state index in [4.69, 9.17) is 0 Å². The maximum atomic E-state index is 12.6. The summed E-state index contributed by atoms with van der Waals surface area (Å²) in [5.41, 5.74) is 1.26. The number of carbonyl (C=O) groups is 1. The standard InChI is InChI=1S/C20H22F3N3O/c21-20(22,23)17-6-8-18(9-7-17)25-12-14-26(15-13-25)19(27)24-11-10-16-4-2-1-3-5-16/h1-9H,10-15H2,(H,24,27). The molecule has 27 heavy (non-hydrogen) atoms. The van der Waals surface area contributed by atoms with E-state index < -0.39 is 11.7 Å². The lowest BCUT2D eigenvalue weighted by molar-refractivity contribution is -0.137. The first-order chi connectivity index (χ1) is 12.9. The van der Waals surface area contributed by atoms with Gasteiger partial charge in [-0.2, -0.15) is 13.2 Å². The van der Waals surface area contributed by atoms with E-state index in [0.717, 1.165) is 24.2 Å². The minimum absolute atomic E-state index is 0.0991. The summed E-state index contributed by atoms with van der Waals surface area (Å²) in [7, 11) is 0. The van der Waals surface area contributed by atoms with Gasteiger partial charge in [0.25, 0.3) is 0 Å². The van der Waals surface area contributed by atoms with Gasteiger partial charge in [-0.15, -0.1) is 0 Å². The minimum atomic E-state index is -4.32. The second kappa shape index (κ2) is 8.33. The van der Waals surface area contributed by atoms with E-state index in [9.17, 15) is 18.0 Å². The molecule has 0 atom stereocenters. The molecule has 1 N–H and O–H groups in total.